The predicted molar refractivity (Wildman–Crippen MR) is 199 cm³/mol. The predicted octanol–water partition coefficient (Wildman–Crippen LogP) is 12.1. The molecule has 0 saturated carbocycles. The van der Waals surface area contributed by atoms with Crippen molar-refractivity contribution in [3.05, 3.63) is 153 Å². The van der Waals surface area contributed by atoms with Gasteiger partial charge in [0.1, 0.15) is 34.6 Å². The van der Waals surface area contributed by atoms with Gasteiger partial charge in [-0.15, -0.1) is 0 Å². The van der Waals surface area contributed by atoms with Gasteiger partial charge in [0, 0.05) is 22.0 Å². The molecular weight excluding hydrogens is 592 g/mol. The standard InChI is InChI=1S/C44H52O4/c1-41(2,3)31-17-13-29(14-18-31)35-23-27(25-37(47-35)43(7,8)9)21-33-39(45)34(40(33)46)22-28-24-36(48-38(26-28)44(10,11)12)30-15-19-32(20-16-30)42(4,5)6/h13-26,45-46H,1-12H3/b27-21+,28-22+. The summed E-state index contributed by atoms with van der Waals surface area (Å²) in [6.45, 7) is 25.9. The van der Waals surface area contributed by atoms with Crippen LogP contribution in [-0.2, 0) is 20.3 Å². The third-order valence-electron chi connectivity index (χ3n) is 8.82. The maximum absolute atomic E-state index is 11.3. The highest BCUT2D eigenvalue weighted by atomic mass is 16.5. The van der Waals surface area contributed by atoms with E-state index in [1.54, 1.807) is 0 Å². The van der Waals surface area contributed by atoms with Crippen LogP contribution in [-0.4, -0.2) is 10.2 Å². The zero-order valence-corrected chi connectivity index (χ0v) is 30.8. The van der Waals surface area contributed by atoms with E-state index in [1.807, 2.05) is 36.5 Å². The van der Waals surface area contributed by atoms with Gasteiger partial charge in [-0.2, -0.15) is 0 Å². The van der Waals surface area contributed by atoms with Gasteiger partial charge in [0.2, 0.25) is 0 Å². The maximum atomic E-state index is 11.3. The van der Waals surface area contributed by atoms with Gasteiger partial charge in [-0.1, -0.05) is 132 Å². The summed E-state index contributed by atoms with van der Waals surface area (Å²) >= 11 is 0. The van der Waals surface area contributed by atoms with E-state index in [0.717, 1.165) is 45.3 Å². The van der Waals surface area contributed by atoms with Crippen molar-refractivity contribution in [2.45, 2.75) is 93.9 Å². The van der Waals surface area contributed by atoms with Gasteiger partial charge in [-0.3, -0.25) is 0 Å². The number of rotatable bonds is 4. The molecule has 0 saturated heterocycles. The highest BCUT2D eigenvalue weighted by Crippen LogP contribution is 2.42. The normalized spacial score (nSPS) is 19.3. The molecule has 1 aliphatic carbocycles. The second-order valence-electron chi connectivity index (χ2n) is 17.2. The fourth-order valence-electron chi connectivity index (χ4n) is 5.56. The first kappa shape index (κ1) is 34.9. The van der Waals surface area contributed by atoms with Crippen LogP contribution in [0.3, 0.4) is 0 Å². The summed E-state index contributed by atoms with van der Waals surface area (Å²) in [5.41, 5.74) is 6.52. The third kappa shape index (κ3) is 7.49. The lowest BCUT2D eigenvalue weighted by molar-refractivity contribution is 0.262. The van der Waals surface area contributed by atoms with Crippen molar-refractivity contribution < 1.29 is 19.7 Å². The van der Waals surface area contributed by atoms with Crippen molar-refractivity contribution in [2.75, 3.05) is 0 Å². The van der Waals surface area contributed by atoms with E-state index < -0.39 is 0 Å². The second kappa shape index (κ2) is 12.2. The van der Waals surface area contributed by atoms with Crippen LogP contribution in [0.2, 0.25) is 0 Å². The fraction of sp³-hybridized carbons (Fsp3) is 0.364. The highest BCUT2D eigenvalue weighted by Gasteiger charge is 2.30. The Hall–Kier alpha value is -4.44. The Balaban J connectivity index is 1.49. The molecule has 48 heavy (non-hydrogen) atoms. The van der Waals surface area contributed by atoms with Crippen LogP contribution >= 0.6 is 0 Å². The Labute approximate surface area is 287 Å². The lowest BCUT2D eigenvalue weighted by Gasteiger charge is -2.29. The Morgan fingerprint density at radius 1 is 0.438 bits per heavy atom. The van der Waals surface area contributed by atoms with E-state index in [2.05, 4.69) is 132 Å². The molecule has 0 spiro atoms. The minimum atomic E-state index is -0.245. The van der Waals surface area contributed by atoms with Gasteiger partial charge in [-0.25, -0.2) is 0 Å². The fourth-order valence-corrected chi connectivity index (χ4v) is 5.56. The van der Waals surface area contributed by atoms with Gasteiger partial charge in [0.25, 0.3) is 0 Å². The Morgan fingerprint density at radius 2 is 0.750 bits per heavy atom. The summed E-state index contributed by atoms with van der Waals surface area (Å²) in [5.74, 6) is 3.19. The summed E-state index contributed by atoms with van der Waals surface area (Å²) in [4.78, 5) is 0. The lowest BCUT2D eigenvalue weighted by Crippen LogP contribution is -2.16. The molecule has 2 aliphatic heterocycles. The molecule has 2 aromatic rings. The number of aliphatic hydroxyl groups excluding tert-OH is 2. The monoisotopic (exact) mass is 644 g/mol. The first-order chi connectivity index (χ1) is 22.1. The molecule has 0 unspecified atom stereocenters. The van der Waals surface area contributed by atoms with E-state index in [0.29, 0.717) is 11.1 Å². The molecule has 2 heterocycles. The van der Waals surface area contributed by atoms with Crippen LogP contribution in [0.1, 0.15) is 105 Å². The van der Waals surface area contributed by atoms with Crippen LogP contribution in [0.25, 0.3) is 11.5 Å². The minimum absolute atomic E-state index is 0.0517. The second-order valence-corrected chi connectivity index (χ2v) is 17.2. The summed E-state index contributed by atoms with van der Waals surface area (Å²) in [6, 6.07) is 16.9. The zero-order valence-electron chi connectivity index (χ0n) is 30.8. The number of ether oxygens (including phenoxy) is 2. The molecule has 0 radical (unpaired) electrons. The van der Waals surface area contributed by atoms with Gasteiger partial charge in [0.15, 0.2) is 0 Å². The zero-order chi connectivity index (χ0) is 35.4. The Morgan fingerprint density at radius 3 is 1.02 bits per heavy atom. The Kier molecular flexibility index (Phi) is 8.88. The largest absolute Gasteiger partial charge is 0.506 e. The molecule has 0 aromatic heterocycles. The van der Waals surface area contributed by atoms with Crippen molar-refractivity contribution in [1.29, 1.82) is 0 Å². The number of benzene rings is 2. The van der Waals surface area contributed by atoms with Crippen molar-refractivity contribution in [1.82, 2.24) is 0 Å². The van der Waals surface area contributed by atoms with Gasteiger partial charge in [0.05, 0.1) is 11.1 Å². The molecule has 3 aliphatic rings. The maximum Gasteiger partial charge on any atom is 0.137 e. The molecule has 0 atom stereocenters. The van der Waals surface area contributed by atoms with E-state index in [4.69, 9.17) is 9.47 Å². The summed E-state index contributed by atoms with van der Waals surface area (Å²) in [6.07, 6.45) is 11.5. The summed E-state index contributed by atoms with van der Waals surface area (Å²) in [7, 11) is 0. The lowest BCUT2D eigenvalue weighted by atomic mass is 9.85. The molecule has 5 rings (SSSR count). The van der Waals surface area contributed by atoms with Crippen LogP contribution in [0, 0.1) is 10.8 Å². The topological polar surface area (TPSA) is 58.9 Å². The van der Waals surface area contributed by atoms with E-state index in [9.17, 15) is 10.2 Å². The van der Waals surface area contributed by atoms with Crippen molar-refractivity contribution in [3.8, 4) is 0 Å². The number of aliphatic hydroxyl groups is 2. The SMILES string of the molecule is CC(C)(C)C1=C/C(=C/C2=C(O)C(/C=C3\C=C(c4ccc(C(C)(C)C)cc4)OC(C(C)(C)C)=C3)=C2O)C=C(c2ccc(C(C)(C)C)cc2)O1. The number of hydrogen-bond acceptors (Lipinski definition) is 4. The average Bonchev–Trinajstić information content (AvgIpc) is 3.00. The summed E-state index contributed by atoms with van der Waals surface area (Å²) in [5, 5.41) is 22.5. The van der Waals surface area contributed by atoms with E-state index in [-0.39, 0.29) is 33.2 Å². The molecule has 0 fully saturated rings. The molecule has 0 amide bonds. The van der Waals surface area contributed by atoms with Crippen molar-refractivity contribution in [3.63, 3.8) is 0 Å². The molecule has 2 aromatic carbocycles. The van der Waals surface area contributed by atoms with Crippen LogP contribution in [0.4, 0.5) is 0 Å². The quantitative estimate of drug-likeness (QED) is 0.348. The van der Waals surface area contributed by atoms with Crippen LogP contribution < -0.4 is 0 Å². The van der Waals surface area contributed by atoms with Crippen LogP contribution in [0.5, 0.6) is 0 Å². The molecule has 4 nitrogen and oxygen atoms in total. The molecule has 252 valence electrons. The summed E-state index contributed by atoms with van der Waals surface area (Å²) < 4.78 is 12.8. The average molecular weight is 645 g/mol. The third-order valence-corrected chi connectivity index (χ3v) is 8.82. The van der Waals surface area contributed by atoms with Gasteiger partial charge >= 0.3 is 0 Å². The molecular formula is C44H52O4. The minimum Gasteiger partial charge on any atom is -0.506 e. The number of hydrogen-bond donors (Lipinski definition) is 2. The highest BCUT2D eigenvalue weighted by molar-refractivity contribution is 5.72. The smallest absolute Gasteiger partial charge is 0.137 e. The van der Waals surface area contributed by atoms with Gasteiger partial charge < -0.3 is 19.7 Å². The van der Waals surface area contributed by atoms with Crippen molar-refractivity contribution >= 4 is 11.5 Å². The van der Waals surface area contributed by atoms with Crippen LogP contribution in [0.15, 0.2) is 130 Å². The van der Waals surface area contributed by atoms with Crippen molar-refractivity contribution in [2.24, 2.45) is 10.8 Å². The molecule has 0 bridgehead atoms. The first-order valence-electron chi connectivity index (χ1n) is 16.9. The van der Waals surface area contributed by atoms with Gasteiger partial charge in [-0.05, 0) is 69.6 Å². The molecule has 4 heteroatoms. The Bertz CT molecular complexity index is 1700. The van der Waals surface area contributed by atoms with E-state index >= 15 is 0 Å². The first-order valence-corrected chi connectivity index (χ1v) is 16.9. The van der Waals surface area contributed by atoms with E-state index in [1.165, 1.54) is 11.1 Å². The number of allylic oxidation sites excluding steroid dienone is 10. The molecule has 2 N–H and O–H groups in total.